The Balaban J connectivity index is 1.44. The Hall–Kier alpha value is -3.13. The number of amides is 2. The van der Waals surface area contributed by atoms with Crippen molar-refractivity contribution in [2.75, 3.05) is 22.5 Å². The third kappa shape index (κ3) is 4.32. The zero-order chi connectivity index (χ0) is 20.2. The molecule has 0 aliphatic carbocycles. The van der Waals surface area contributed by atoms with E-state index in [1.54, 1.807) is 35.2 Å². The van der Waals surface area contributed by atoms with Gasteiger partial charge in [0.15, 0.2) is 5.16 Å². The molecule has 0 saturated heterocycles. The van der Waals surface area contributed by atoms with Crippen molar-refractivity contribution in [2.45, 2.75) is 18.0 Å². The second-order valence-corrected chi connectivity index (χ2v) is 7.77. The molecule has 2 heterocycles. The van der Waals surface area contributed by atoms with E-state index in [4.69, 9.17) is 0 Å². The molecule has 29 heavy (non-hydrogen) atoms. The molecule has 0 bridgehead atoms. The number of nitrogens with zero attached hydrogens (tertiary/aromatic N) is 4. The van der Waals surface area contributed by atoms with Crippen LogP contribution in [-0.4, -0.2) is 38.9 Å². The summed E-state index contributed by atoms with van der Waals surface area (Å²) in [7, 11) is 1.83. The molecule has 7 nitrogen and oxygen atoms in total. The number of carbonyl (C=O) groups excluding carboxylic acids is 2. The van der Waals surface area contributed by atoms with Crippen LogP contribution in [0.2, 0.25) is 0 Å². The maximum atomic E-state index is 13.1. The zero-order valence-electron chi connectivity index (χ0n) is 16.0. The highest BCUT2D eigenvalue weighted by atomic mass is 32.2. The number of benzene rings is 2. The van der Waals surface area contributed by atoms with Gasteiger partial charge in [0, 0.05) is 30.5 Å². The number of carbonyl (C=O) groups is 2. The van der Waals surface area contributed by atoms with Crippen molar-refractivity contribution in [1.29, 1.82) is 0 Å². The summed E-state index contributed by atoms with van der Waals surface area (Å²) in [5.41, 5.74) is 3.32. The highest BCUT2D eigenvalue weighted by molar-refractivity contribution is 7.99. The van der Waals surface area contributed by atoms with E-state index in [1.807, 2.05) is 30.1 Å². The molecule has 148 valence electrons. The summed E-state index contributed by atoms with van der Waals surface area (Å²) < 4.78 is 1.76. The highest BCUT2D eigenvalue weighted by Gasteiger charge is 2.23. The van der Waals surface area contributed by atoms with Crippen LogP contribution in [0.15, 0.2) is 60.0 Å². The van der Waals surface area contributed by atoms with Crippen LogP contribution in [-0.2, 0) is 18.3 Å². The second-order valence-electron chi connectivity index (χ2n) is 6.83. The first kappa shape index (κ1) is 19.2. The Labute approximate surface area is 173 Å². The number of rotatable bonds is 5. The maximum absolute atomic E-state index is 13.1. The van der Waals surface area contributed by atoms with Gasteiger partial charge in [-0.3, -0.25) is 9.59 Å². The molecule has 2 amide bonds. The molecule has 3 aromatic rings. The first-order valence-corrected chi connectivity index (χ1v) is 10.4. The fraction of sp³-hybridized carbons (Fsp3) is 0.238. The van der Waals surface area contributed by atoms with E-state index in [2.05, 4.69) is 21.6 Å². The fourth-order valence-electron chi connectivity index (χ4n) is 3.36. The van der Waals surface area contributed by atoms with E-state index in [9.17, 15) is 9.59 Å². The molecule has 0 atom stereocenters. The normalized spacial score (nSPS) is 13.1. The fourth-order valence-corrected chi connectivity index (χ4v) is 4.05. The van der Waals surface area contributed by atoms with Gasteiger partial charge in [0.2, 0.25) is 5.91 Å². The molecule has 4 rings (SSSR count). The van der Waals surface area contributed by atoms with Crippen LogP contribution >= 0.6 is 11.8 Å². The largest absolute Gasteiger partial charge is 0.325 e. The maximum Gasteiger partial charge on any atom is 0.258 e. The highest BCUT2D eigenvalue weighted by Crippen LogP contribution is 2.28. The second kappa shape index (κ2) is 8.48. The summed E-state index contributed by atoms with van der Waals surface area (Å²) in [6, 6.07) is 15.1. The summed E-state index contributed by atoms with van der Waals surface area (Å²) in [5, 5.41) is 11.3. The van der Waals surface area contributed by atoms with Crippen molar-refractivity contribution in [3.05, 3.63) is 66.0 Å². The number of para-hydroxylation sites is 1. The SMILES string of the molecule is Cn1cnnc1SCC(=O)Nc1cccc(C(=O)N2CCCc3ccccc32)c1. The number of aryl methyl sites for hydroxylation is 2. The minimum atomic E-state index is -0.161. The van der Waals surface area contributed by atoms with E-state index in [-0.39, 0.29) is 17.6 Å². The predicted molar refractivity (Wildman–Crippen MR) is 113 cm³/mol. The molecule has 1 N–H and O–H groups in total. The van der Waals surface area contributed by atoms with Gasteiger partial charge in [-0.25, -0.2) is 0 Å². The molecule has 0 saturated carbocycles. The lowest BCUT2D eigenvalue weighted by Gasteiger charge is -2.29. The lowest BCUT2D eigenvalue weighted by Crippen LogP contribution is -2.35. The molecular formula is C21H21N5O2S. The first-order chi connectivity index (χ1) is 14.1. The molecule has 0 spiro atoms. The number of aromatic nitrogens is 3. The van der Waals surface area contributed by atoms with Crippen molar-refractivity contribution in [3.8, 4) is 0 Å². The van der Waals surface area contributed by atoms with Crippen LogP contribution in [0.3, 0.4) is 0 Å². The van der Waals surface area contributed by atoms with Gasteiger partial charge in [-0.15, -0.1) is 10.2 Å². The van der Waals surface area contributed by atoms with Gasteiger partial charge in [0.05, 0.1) is 5.75 Å². The van der Waals surface area contributed by atoms with Crippen molar-refractivity contribution in [3.63, 3.8) is 0 Å². The van der Waals surface area contributed by atoms with Crippen LogP contribution < -0.4 is 10.2 Å². The van der Waals surface area contributed by atoms with E-state index >= 15 is 0 Å². The van der Waals surface area contributed by atoms with Crippen LogP contribution in [0, 0.1) is 0 Å². The Kier molecular flexibility index (Phi) is 5.62. The van der Waals surface area contributed by atoms with Gasteiger partial charge in [-0.1, -0.05) is 36.0 Å². The molecule has 2 aromatic carbocycles. The first-order valence-electron chi connectivity index (χ1n) is 9.38. The monoisotopic (exact) mass is 407 g/mol. The Morgan fingerprint density at radius 3 is 2.86 bits per heavy atom. The van der Waals surface area contributed by atoms with Crippen molar-refractivity contribution in [2.24, 2.45) is 7.05 Å². The molecule has 1 aromatic heterocycles. The Morgan fingerprint density at radius 2 is 2.03 bits per heavy atom. The average molecular weight is 407 g/mol. The third-order valence-corrected chi connectivity index (χ3v) is 5.79. The topological polar surface area (TPSA) is 80.1 Å². The van der Waals surface area contributed by atoms with Crippen LogP contribution in [0.25, 0.3) is 0 Å². The summed E-state index contributed by atoms with van der Waals surface area (Å²) in [4.78, 5) is 27.2. The van der Waals surface area contributed by atoms with Crippen molar-refractivity contribution >= 4 is 35.0 Å². The predicted octanol–water partition coefficient (Wildman–Crippen LogP) is 3.14. The molecule has 0 unspecified atom stereocenters. The number of nitrogens with one attached hydrogen (secondary N) is 1. The van der Waals surface area contributed by atoms with Crippen LogP contribution in [0.1, 0.15) is 22.3 Å². The molecule has 8 heteroatoms. The average Bonchev–Trinajstić information content (AvgIpc) is 3.16. The van der Waals surface area contributed by atoms with Gasteiger partial charge < -0.3 is 14.8 Å². The summed E-state index contributed by atoms with van der Waals surface area (Å²) in [6.07, 6.45) is 3.52. The molecule has 1 aliphatic heterocycles. The van der Waals surface area contributed by atoms with E-state index in [0.717, 1.165) is 18.5 Å². The summed E-state index contributed by atoms with van der Waals surface area (Å²) in [5.74, 6) is -0.00265. The lowest BCUT2D eigenvalue weighted by atomic mass is 10.0. The molecular weight excluding hydrogens is 386 g/mol. The minimum absolute atomic E-state index is 0.0540. The standard InChI is InChI=1S/C21H21N5O2S/c1-25-14-22-24-21(25)29-13-19(27)23-17-9-4-7-16(12-17)20(28)26-11-5-8-15-6-2-3-10-18(15)26/h2-4,6-7,9-10,12,14H,5,8,11,13H2,1H3,(H,23,27). The third-order valence-electron chi connectivity index (χ3n) is 4.75. The quantitative estimate of drug-likeness (QED) is 0.657. The van der Waals surface area contributed by atoms with Gasteiger partial charge >= 0.3 is 0 Å². The van der Waals surface area contributed by atoms with Gasteiger partial charge in [0.25, 0.3) is 5.91 Å². The van der Waals surface area contributed by atoms with Crippen molar-refractivity contribution < 1.29 is 9.59 Å². The molecule has 0 radical (unpaired) electrons. The number of hydrogen-bond donors (Lipinski definition) is 1. The Morgan fingerprint density at radius 1 is 1.17 bits per heavy atom. The van der Waals surface area contributed by atoms with Gasteiger partial charge in [-0.2, -0.15) is 0 Å². The van der Waals surface area contributed by atoms with Crippen molar-refractivity contribution in [1.82, 2.24) is 14.8 Å². The lowest BCUT2D eigenvalue weighted by molar-refractivity contribution is -0.113. The minimum Gasteiger partial charge on any atom is -0.325 e. The van der Waals surface area contributed by atoms with Gasteiger partial charge in [0.1, 0.15) is 6.33 Å². The molecule has 0 fully saturated rings. The van der Waals surface area contributed by atoms with Gasteiger partial charge in [-0.05, 0) is 42.7 Å². The summed E-state index contributed by atoms with van der Waals surface area (Å²) in [6.45, 7) is 0.695. The van der Waals surface area contributed by atoms with Crippen LogP contribution in [0.4, 0.5) is 11.4 Å². The van der Waals surface area contributed by atoms with E-state index < -0.39 is 0 Å². The van der Waals surface area contributed by atoms with Crippen LogP contribution in [0.5, 0.6) is 0 Å². The zero-order valence-corrected chi connectivity index (χ0v) is 16.9. The number of fused-ring (bicyclic) bond motifs is 1. The Bertz CT molecular complexity index is 1050. The smallest absolute Gasteiger partial charge is 0.258 e. The number of hydrogen-bond acceptors (Lipinski definition) is 5. The molecule has 1 aliphatic rings. The summed E-state index contributed by atoms with van der Waals surface area (Å²) >= 11 is 1.31. The van der Waals surface area contributed by atoms with E-state index in [0.29, 0.717) is 23.0 Å². The number of thioether (sulfide) groups is 1. The van der Waals surface area contributed by atoms with E-state index in [1.165, 1.54) is 17.3 Å². The number of anilines is 2.